The van der Waals surface area contributed by atoms with Gasteiger partial charge in [-0.2, -0.15) is 5.10 Å². The normalized spacial score (nSPS) is 17.4. The first kappa shape index (κ1) is 16.0. The van der Waals surface area contributed by atoms with Crippen LogP contribution in [0.15, 0.2) is 30.5 Å². The first-order chi connectivity index (χ1) is 11.0. The van der Waals surface area contributed by atoms with E-state index in [1.807, 2.05) is 44.1 Å². The van der Waals surface area contributed by atoms with Crippen LogP contribution in [0.1, 0.15) is 23.0 Å². The number of aromatic nitrogens is 2. The van der Waals surface area contributed by atoms with Gasteiger partial charge in [0.15, 0.2) is 0 Å². The molecule has 0 saturated carbocycles. The van der Waals surface area contributed by atoms with E-state index >= 15 is 0 Å². The summed E-state index contributed by atoms with van der Waals surface area (Å²) in [6.45, 7) is 3.21. The molecule has 1 aromatic heterocycles. The number of carbonyl (C=O) groups excluding carboxylic acids is 1. The van der Waals surface area contributed by atoms with Gasteiger partial charge in [0.1, 0.15) is 5.69 Å². The van der Waals surface area contributed by atoms with Crippen LogP contribution >= 0.6 is 11.6 Å². The standard InChI is InChI=1S/C17H21ClN4O/c1-4-22-16(14(18)10-19-22)17(23)21-11-13(20(2)3)9-12-7-5-6-8-15(12)21/h5-8,10,13H,4,9,11H2,1-3H3. The maximum Gasteiger partial charge on any atom is 0.278 e. The predicted octanol–water partition coefficient (Wildman–Crippen LogP) is 2.69. The number of nitrogens with zero attached hydrogens (tertiary/aromatic N) is 4. The molecule has 0 aliphatic carbocycles. The summed E-state index contributed by atoms with van der Waals surface area (Å²) in [6.07, 6.45) is 2.48. The van der Waals surface area contributed by atoms with Gasteiger partial charge in [-0.3, -0.25) is 9.48 Å². The van der Waals surface area contributed by atoms with Gasteiger partial charge in [0, 0.05) is 24.8 Å². The molecular formula is C17H21ClN4O. The molecule has 0 saturated heterocycles. The van der Waals surface area contributed by atoms with E-state index in [9.17, 15) is 4.79 Å². The van der Waals surface area contributed by atoms with Gasteiger partial charge in [-0.25, -0.2) is 0 Å². The first-order valence-corrected chi connectivity index (χ1v) is 8.18. The molecular weight excluding hydrogens is 312 g/mol. The topological polar surface area (TPSA) is 41.4 Å². The molecule has 0 fully saturated rings. The Morgan fingerprint density at radius 1 is 1.39 bits per heavy atom. The third-order valence-corrected chi connectivity index (χ3v) is 4.68. The summed E-state index contributed by atoms with van der Waals surface area (Å²) in [5, 5.41) is 4.59. The average Bonchev–Trinajstić information content (AvgIpc) is 2.93. The van der Waals surface area contributed by atoms with Crippen molar-refractivity contribution in [2.45, 2.75) is 25.9 Å². The molecule has 122 valence electrons. The maximum atomic E-state index is 13.2. The highest BCUT2D eigenvalue weighted by Gasteiger charge is 2.32. The van der Waals surface area contributed by atoms with E-state index in [0.717, 1.165) is 12.1 Å². The van der Waals surface area contributed by atoms with E-state index in [0.29, 0.717) is 23.8 Å². The molecule has 5 nitrogen and oxygen atoms in total. The summed E-state index contributed by atoms with van der Waals surface area (Å²) in [4.78, 5) is 17.1. The second-order valence-electron chi connectivity index (χ2n) is 6.02. The molecule has 2 heterocycles. The number of hydrogen-bond acceptors (Lipinski definition) is 3. The first-order valence-electron chi connectivity index (χ1n) is 7.80. The summed E-state index contributed by atoms with van der Waals surface area (Å²) < 4.78 is 1.66. The van der Waals surface area contributed by atoms with Gasteiger partial charge in [-0.05, 0) is 39.1 Å². The van der Waals surface area contributed by atoms with E-state index in [-0.39, 0.29) is 11.9 Å². The lowest BCUT2D eigenvalue weighted by molar-refractivity contribution is 0.0965. The van der Waals surface area contributed by atoms with Crippen LogP contribution in [0.4, 0.5) is 5.69 Å². The molecule has 1 aliphatic heterocycles. The molecule has 0 radical (unpaired) electrons. The number of aryl methyl sites for hydroxylation is 1. The third-order valence-electron chi connectivity index (χ3n) is 4.40. The van der Waals surface area contributed by atoms with Gasteiger partial charge in [-0.15, -0.1) is 0 Å². The zero-order valence-corrected chi connectivity index (χ0v) is 14.4. The number of rotatable bonds is 3. The molecule has 1 atom stereocenters. The minimum Gasteiger partial charge on any atom is -0.305 e. The van der Waals surface area contributed by atoms with Gasteiger partial charge in [-0.1, -0.05) is 29.8 Å². The lowest BCUT2D eigenvalue weighted by Crippen LogP contribution is -2.48. The number of fused-ring (bicyclic) bond motifs is 1. The molecule has 1 aromatic carbocycles. The SMILES string of the molecule is CCn1ncc(Cl)c1C(=O)N1CC(N(C)C)Cc2ccccc21. The molecule has 1 amide bonds. The molecule has 0 N–H and O–H groups in total. The van der Waals surface area contributed by atoms with Crippen molar-refractivity contribution in [3.8, 4) is 0 Å². The number of para-hydroxylation sites is 1. The zero-order chi connectivity index (χ0) is 16.6. The fourth-order valence-corrected chi connectivity index (χ4v) is 3.28. The van der Waals surface area contributed by atoms with Crippen LogP contribution in [0.25, 0.3) is 0 Å². The molecule has 0 spiro atoms. The Balaban J connectivity index is 2.03. The Bertz CT molecular complexity index is 725. The molecule has 23 heavy (non-hydrogen) atoms. The predicted molar refractivity (Wildman–Crippen MR) is 92.2 cm³/mol. The minimum atomic E-state index is -0.0895. The molecule has 2 aromatic rings. The quantitative estimate of drug-likeness (QED) is 0.867. The molecule has 1 aliphatic rings. The van der Waals surface area contributed by atoms with Crippen LogP contribution in [0.2, 0.25) is 5.02 Å². The fourth-order valence-electron chi connectivity index (χ4n) is 3.06. The average molecular weight is 333 g/mol. The van der Waals surface area contributed by atoms with E-state index in [4.69, 9.17) is 11.6 Å². The lowest BCUT2D eigenvalue weighted by atomic mass is 9.97. The second-order valence-corrected chi connectivity index (χ2v) is 6.43. The Labute approximate surface area is 141 Å². The van der Waals surface area contributed by atoms with E-state index in [1.165, 1.54) is 11.8 Å². The van der Waals surface area contributed by atoms with Crippen LogP contribution in [0.5, 0.6) is 0 Å². The van der Waals surface area contributed by atoms with E-state index in [2.05, 4.69) is 16.1 Å². The number of amides is 1. The Morgan fingerprint density at radius 2 is 2.13 bits per heavy atom. The van der Waals surface area contributed by atoms with Crippen LogP contribution in [0.3, 0.4) is 0 Å². The monoisotopic (exact) mass is 332 g/mol. The lowest BCUT2D eigenvalue weighted by Gasteiger charge is -2.37. The highest BCUT2D eigenvalue weighted by molar-refractivity contribution is 6.34. The van der Waals surface area contributed by atoms with Gasteiger partial charge in [0.2, 0.25) is 0 Å². The van der Waals surface area contributed by atoms with Crippen LogP contribution in [0, 0.1) is 0 Å². The Kier molecular flexibility index (Phi) is 4.41. The van der Waals surface area contributed by atoms with Crippen molar-refractivity contribution in [3.63, 3.8) is 0 Å². The highest BCUT2D eigenvalue weighted by atomic mass is 35.5. The van der Waals surface area contributed by atoms with Gasteiger partial charge in [0.25, 0.3) is 5.91 Å². The number of carbonyl (C=O) groups is 1. The molecule has 1 unspecified atom stereocenters. The summed E-state index contributed by atoms with van der Waals surface area (Å²) in [5.74, 6) is -0.0895. The van der Waals surface area contributed by atoms with Crippen LogP contribution in [-0.4, -0.2) is 47.3 Å². The second kappa shape index (κ2) is 6.34. The maximum absolute atomic E-state index is 13.2. The summed E-state index contributed by atoms with van der Waals surface area (Å²) in [6, 6.07) is 8.35. The van der Waals surface area contributed by atoms with Crippen molar-refractivity contribution < 1.29 is 4.79 Å². The van der Waals surface area contributed by atoms with Gasteiger partial charge in [0.05, 0.1) is 11.2 Å². The van der Waals surface area contributed by atoms with Crippen molar-refractivity contribution in [1.82, 2.24) is 14.7 Å². The summed E-state index contributed by atoms with van der Waals surface area (Å²) in [5.41, 5.74) is 2.61. The Hall–Kier alpha value is -1.85. The van der Waals surface area contributed by atoms with Crippen LogP contribution in [-0.2, 0) is 13.0 Å². The zero-order valence-electron chi connectivity index (χ0n) is 13.7. The van der Waals surface area contributed by atoms with Gasteiger partial charge >= 0.3 is 0 Å². The summed E-state index contributed by atoms with van der Waals surface area (Å²) >= 11 is 6.22. The highest BCUT2D eigenvalue weighted by Crippen LogP contribution is 2.30. The molecule has 0 bridgehead atoms. The summed E-state index contributed by atoms with van der Waals surface area (Å²) in [7, 11) is 4.09. The van der Waals surface area contributed by atoms with Crippen molar-refractivity contribution in [2.75, 3.05) is 25.5 Å². The van der Waals surface area contributed by atoms with Crippen molar-refractivity contribution >= 4 is 23.2 Å². The van der Waals surface area contributed by atoms with Crippen molar-refractivity contribution in [1.29, 1.82) is 0 Å². The smallest absolute Gasteiger partial charge is 0.278 e. The van der Waals surface area contributed by atoms with Crippen molar-refractivity contribution in [3.05, 3.63) is 46.7 Å². The van der Waals surface area contributed by atoms with Crippen molar-refractivity contribution in [2.24, 2.45) is 0 Å². The number of hydrogen-bond donors (Lipinski definition) is 0. The number of anilines is 1. The number of halogens is 1. The minimum absolute atomic E-state index is 0.0895. The largest absolute Gasteiger partial charge is 0.305 e. The number of benzene rings is 1. The Morgan fingerprint density at radius 3 is 2.83 bits per heavy atom. The van der Waals surface area contributed by atoms with Crippen LogP contribution < -0.4 is 4.90 Å². The molecule has 3 rings (SSSR count). The van der Waals surface area contributed by atoms with Gasteiger partial charge < -0.3 is 9.80 Å². The molecule has 6 heteroatoms. The number of likely N-dealkylation sites (N-methyl/N-ethyl adjacent to an activating group) is 1. The van der Waals surface area contributed by atoms with E-state index < -0.39 is 0 Å². The van der Waals surface area contributed by atoms with E-state index in [1.54, 1.807) is 4.68 Å². The fraction of sp³-hybridized carbons (Fsp3) is 0.412. The third kappa shape index (κ3) is 2.86.